The number of hydrogen-bond acceptors (Lipinski definition) is 5. The van der Waals surface area contributed by atoms with Crippen LogP contribution in [-0.4, -0.2) is 57.3 Å². The Balaban J connectivity index is 0.00000243. The molecule has 7 nitrogen and oxygen atoms in total. The molecule has 26 heavy (non-hydrogen) atoms. The van der Waals surface area contributed by atoms with Crippen molar-refractivity contribution in [3.8, 4) is 0 Å². The summed E-state index contributed by atoms with van der Waals surface area (Å²) in [6.45, 7) is 4.63. The molecule has 1 atom stereocenters. The van der Waals surface area contributed by atoms with Crippen LogP contribution in [0.15, 0.2) is 27.8 Å². The number of hydrogen-bond donors (Lipinski definition) is 2. The van der Waals surface area contributed by atoms with Gasteiger partial charge >= 0.3 is 11.4 Å². The molecule has 1 saturated heterocycles. The second-order valence-electron chi connectivity index (χ2n) is 6.28. The largest absolute Gasteiger partial charge is 0.381 e. The van der Waals surface area contributed by atoms with E-state index in [1.807, 2.05) is 6.92 Å². The van der Waals surface area contributed by atoms with E-state index in [9.17, 15) is 14.0 Å². The third kappa shape index (κ3) is 4.62. The van der Waals surface area contributed by atoms with Crippen LogP contribution in [-0.2, 0) is 4.74 Å². The molecule has 2 N–H and O–H groups in total. The number of nitrogens with zero attached hydrogens (tertiary/aromatic N) is 2. The van der Waals surface area contributed by atoms with Crippen LogP contribution in [0.25, 0.3) is 0 Å². The smallest absolute Gasteiger partial charge is 0.355 e. The first-order valence-corrected chi connectivity index (χ1v) is 8.29. The molecule has 1 aliphatic heterocycles. The van der Waals surface area contributed by atoms with Crippen LogP contribution >= 0.6 is 0 Å². The van der Waals surface area contributed by atoms with Crippen molar-refractivity contribution in [2.45, 2.75) is 38.8 Å². The Morgan fingerprint density at radius 1 is 1.35 bits per heavy atom. The van der Waals surface area contributed by atoms with E-state index in [1.165, 1.54) is 6.07 Å². The summed E-state index contributed by atoms with van der Waals surface area (Å²) >= 11 is 0. The molecular formula is C17H21FN4NaO3. The number of nitrogens with one attached hydrogen (secondary N) is 2. The van der Waals surface area contributed by atoms with Gasteiger partial charge in [0.05, 0.1) is 6.04 Å². The average Bonchev–Trinajstić information content (AvgIpc) is 2.57. The molecule has 3 rings (SSSR count). The fourth-order valence-electron chi connectivity index (χ4n) is 3.04. The predicted molar refractivity (Wildman–Crippen MR) is 97.1 cm³/mol. The van der Waals surface area contributed by atoms with E-state index in [-0.39, 0.29) is 47.4 Å². The normalized spacial score (nSPS) is 16.0. The molecule has 1 fully saturated rings. The number of H-pyrrole nitrogens is 1. The number of halogens is 1. The van der Waals surface area contributed by atoms with Gasteiger partial charge in [-0.1, -0.05) is 17.7 Å². The van der Waals surface area contributed by atoms with Crippen molar-refractivity contribution < 1.29 is 9.13 Å². The van der Waals surface area contributed by atoms with Crippen molar-refractivity contribution in [1.29, 1.82) is 0 Å². The van der Waals surface area contributed by atoms with Gasteiger partial charge in [-0.2, -0.15) is 4.98 Å². The van der Waals surface area contributed by atoms with E-state index in [2.05, 4.69) is 15.3 Å². The number of benzene rings is 1. The van der Waals surface area contributed by atoms with E-state index in [0.717, 1.165) is 10.1 Å². The molecule has 135 valence electrons. The topological polar surface area (TPSA) is 89.0 Å². The minimum Gasteiger partial charge on any atom is -0.381 e. The zero-order chi connectivity index (χ0) is 18.0. The van der Waals surface area contributed by atoms with Gasteiger partial charge < -0.3 is 10.1 Å². The van der Waals surface area contributed by atoms with Crippen molar-refractivity contribution >= 4 is 35.5 Å². The van der Waals surface area contributed by atoms with Crippen molar-refractivity contribution in [2.24, 2.45) is 0 Å². The summed E-state index contributed by atoms with van der Waals surface area (Å²) in [5, 5.41) is 2.89. The second kappa shape index (κ2) is 8.94. The maximum Gasteiger partial charge on any atom is 0.355 e. The number of rotatable bonds is 4. The Bertz CT molecular complexity index is 846. The zero-order valence-electron chi connectivity index (χ0n) is 15.2. The zero-order valence-corrected chi connectivity index (χ0v) is 17.2. The maximum absolute atomic E-state index is 14.0. The molecular weight excluding hydrogens is 350 g/mol. The second-order valence-corrected chi connectivity index (χ2v) is 6.28. The molecule has 1 aromatic heterocycles. The van der Waals surface area contributed by atoms with Crippen LogP contribution in [0.5, 0.6) is 0 Å². The minimum atomic E-state index is -0.616. The van der Waals surface area contributed by atoms with Crippen LogP contribution < -0.4 is 16.7 Å². The summed E-state index contributed by atoms with van der Waals surface area (Å²) in [4.78, 5) is 31.1. The molecule has 0 unspecified atom stereocenters. The maximum atomic E-state index is 14.0. The standard InChI is InChI=1S/C17H21FN4O3.Na/c1-10-3-4-14(18)13(9-10)11(2)19-15-20-16(23)22(17(24)21-15)12-5-7-25-8-6-12;/h3-4,9,11-12H,5-8H2,1-2H3,(H2,19,20,21,23,24);/t11-;/m0./s1. The van der Waals surface area contributed by atoms with Crippen LogP contribution in [0.4, 0.5) is 10.3 Å². The molecule has 0 bridgehead atoms. The van der Waals surface area contributed by atoms with Crippen molar-refractivity contribution in [3.05, 3.63) is 56.1 Å². The average molecular weight is 371 g/mol. The number of aromatic amines is 1. The number of ether oxygens (including phenoxy) is 1. The Labute approximate surface area is 172 Å². The van der Waals surface area contributed by atoms with Gasteiger partial charge in [0, 0.05) is 54.4 Å². The van der Waals surface area contributed by atoms with Crippen LogP contribution in [0.3, 0.4) is 0 Å². The molecule has 1 aliphatic rings. The van der Waals surface area contributed by atoms with Gasteiger partial charge in [0.25, 0.3) is 0 Å². The molecule has 9 heteroatoms. The van der Waals surface area contributed by atoms with Crippen molar-refractivity contribution in [1.82, 2.24) is 14.5 Å². The first-order valence-electron chi connectivity index (χ1n) is 8.29. The molecule has 2 aromatic rings. The Kier molecular flexibility index (Phi) is 7.16. The SMILES string of the molecule is Cc1ccc(F)c([C@H](C)Nc2nc(=O)n(C3CCOCC3)c(=O)[nH]2)c1.[Na]. The van der Waals surface area contributed by atoms with Crippen molar-refractivity contribution in [2.75, 3.05) is 18.5 Å². The summed E-state index contributed by atoms with van der Waals surface area (Å²) in [5.74, 6) is -0.324. The van der Waals surface area contributed by atoms with Crippen LogP contribution in [0.1, 0.15) is 43.0 Å². The molecule has 0 aliphatic carbocycles. The van der Waals surface area contributed by atoms with Gasteiger partial charge in [-0.3, -0.25) is 4.98 Å². The van der Waals surface area contributed by atoms with Gasteiger partial charge in [0.1, 0.15) is 5.82 Å². The Hall–Kier alpha value is -1.48. The minimum absolute atomic E-state index is 0. The summed E-state index contributed by atoms with van der Waals surface area (Å²) in [5.41, 5.74) is 0.221. The third-order valence-electron chi connectivity index (χ3n) is 4.38. The van der Waals surface area contributed by atoms with Gasteiger partial charge in [0.15, 0.2) is 0 Å². The van der Waals surface area contributed by atoms with Crippen molar-refractivity contribution in [3.63, 3.8) is 0 Å². The molecule has 0 amide bonds. The first kappa shape index (κ1) is 20.8. The van der Waals surface area contributed by atoms with Gasteiger partial charge in [0.2, 0.25) is 5.95 Å². The summed E-state index contributed by atoms with van der Waals surface area (Å²) in [7, 11) is 0. The van der Waals surface area contributed by atoms with E-state index in [1.54, 1.807) is 19.1 Å². The van der Waals surface area contributed by atoms with Gasteiger partial charge in [-0.25, -0.2) is 18.5 Å². The van der Waals surface area contributed by atoms with E-state index < -0.39 is 17.4 Å². The van der Waals surface area contributed by atoms with E-state index in [4.69, 9.17) is 4.74 Å². The fourth-order valence-corrected chi connectivity index (χ4v) is 3.04. The quantitative estimate of drug-likeness (QED) is 0.796. The summed E-state index contributed by atoms with van der Waals surface area (Å²) < 4.78 is 20.4. The van der Waals surface area contributed by atoms with Crippen LogP contribution in [0, 0.1) is 12.7 Å². The molecule has 0 saturated carbocycles. The number of anilines is 1. The number of aromatic nitrogens is 3. The Morgan fingerprint density at radius 2 is 2.04 bits per heavy atom. The van der Waals surface area contributed by atoms with E-state index >= 15 is 0 Å². The summed E-state index contributed by atoms with van der Waals surface area (Å²) in [6.07, 6.45) is 1.20. The Morgan fingerprint density at radius 3 is 2.69 bits per heavy atom. The monoisotopic (exact) mass is 371 g/mol. The molecule has 1 radical (unpaired) electrons. The molecule has 1 aromatic carbocycles. The first-order chi connectivity index (χ1) is 12.0. The van der Waals surface area contributed by atoms with E-state index in [0.29, 0.717) is 31.6 Å². The third-order valence-corrected chi connectivity index (χ3v) is 4.38. The molecule has 0 spiro atoms. The van der Waals surface area contributed by atoms with Crippen LogP contribution in [0.2, 0.25) is 0 Å². The van der Waals surface area contributed by atoms with Gasteiger partial charge in [-0.15, -0.1) is 0 Å². The summed E-state index contributed by atoms with van der Waals surface area (Å²) in [6, 6.07) is 4.12. The van der Waals surface area contributed by atoms with Gasteiger partial charge in [-0.05, 0) is 32.8 Å². The fraction of sp³-hybridized carbons (Fsp3) is 0.471. The molecule has 2 heterocycles. The predicted octanol–water partition coefficient (Wildman–Crippen LogP) is 1.52. The number of aryl methyl sites for hydroxylation is 1.